The van der Waals surface area contributed by atoms with Gasteiger partial charge in [-0.15, -0.1) is 0 Å². The third-order valence-electron chi connectivity index (χ3n) is 3.06. The largest absolute Gasteiger partial charge is 0.490 e. The van der Waals surface area contributed by atoms with Crippen LogP contribution in [-0.2, 0) is 0 Å². The number of ether oxygens (including phenoxy) is 2. The van der Waals surface area contributed by atoms with Crippen molar-refractivity contribution >= 4 is 11.6 Å². The number of hydrogen-bond donors (Lipinski definition) is 2. The smallest absolute Gasteiger partial charge is 0.193 e. The highest BCUT2D eigenvalue weighted by Gasteiger charge is 2.10. The van der Waals surface area contributed by atoms with E-state index in [1.54, 1.807) is 0 Å². The van der Waals surface area contributed by atoms with Crippen LogP contribution in [0.15, 0.2) is 23.2 Å². The minimum atomic E-state index is 0.440. The van der Waals surface area contributed by atoms with Crippen LogP contribution < -0.4 is 20.5 Å². The van der Waals surface area contributed by atoms with Crippen molar-refractivity contribution in [3.8, 4) is 11.5 Å². The quantitative estimate of drug-likeness (QED) is 0.493. The van der Waals surface area contributed by atoms with Crippen LogP contribution in [0, 0.1) is 0 Å². The first-order valence-electron chi connectivity index (χ1n) is 7.26. The first-order valence-corrected chi connectivity index (χ1v) is 7.26. The van der Waals surface area contributed by atoms with Gasteiger partial charge in [0.1, 0.15) is 0 Å². The van der Waals surface area contributed by atoms with Crippen molar-refractivity contribution < 1.29 is 9.47 Å². The number of aliphatic imine (C=N–C) groups is 1. The van der Waals surface area contributed by atoms with E-state index in [9.17, 15) is 0 Å². The third kappa shape index (κ3) is 4.33. The van der Waals surface area contributed by atoms with Gasteiger partial charge in [0, 0.05) is 24.7 Å². The molecular formula is C15H23N3O2. The Hall–Kier alpha value is -1.91. The minimum Gasteiger partial charge on any atom is -0.490 e. The van der Waals surface area contributed by atoms with E-state index < -0.39 is 0 Å². The lowest BCUT2D eigenvalue weighted by Crippen LogP contribution is -2.22. The molecule has 0 radical (unpaired) electrons. The van der Waals surface area contributed by atoms with Crippen molar-refractivity contribution in [1.29, 1.82) is 0 Å². The van der Waals surface area contributed by atoms with Crippen LogP contribution >= 0.6 is 0 Å². The summed E-state index contributed by atoms with van der Waals surface area (Å²) in [7, 11) is 0. The maximum absolute atomic E-state index is 5.86. The van der Waals surface area contributed by atoms with Crippen molar-refractivity contribution in [3.05, 3.63) is 18.2 Å². The molecular weight excluding hydrogens is 254 g/mol. The predicted octanol–water partition coefficient (Wildman–Crippen LogP) is 2.76. The molecule has 0 saturated heterocycles. The first kappa shape index (κ1) is 14.5. The molecule has 0 saturated carbocycles. The zero-order valence-corrected chi connectivity index (χ0v) is 12.0. The molecule has 2 rings (SSSR count). The summed E-state index contributed by atoms with van der Waals surface area (Å²) in [5, 5.41) is 3.08. The molecule has 0 fully saturated rings. The Morgan fingerprint density at radius 3 is 2.85 bits per heavy atom. The molecule has 3 N–H and O–H groups in total. The summed E-state index contributed by atoms with van der Waals surface area (Å²) in [6, 6.07) is 5.71. The normalized spacial score (nSPS) is 14.8. The number of fused-ring (bicyclic) bond motifs is 1. The summed E-state index contributed by atoms with van der Waals surface area (Å²) in [5.41, 5.74) is 6.73. The van der Waals surface area contributed by atoms with Gasteiger partial charge in [0.25, 0.3) is 0 Å². The molecule has 20 heavy (non-hydrogen) atoms. The summed E-state index contributed by atoms with van der Waals surface area (Å²) in [5.74, 6) is 1.98. The molecule has 0 bridgehead atoms. The SMILES string of the molecule is CCCCCN=C(N)Nc1ccc2c(c1)OCCCO2. The van der Waals surface area contributed by atoms with E-state index in [1.807, 2.05) is 18.2 Å². The molecule has 0 unspecified atom stereocenters. The molecule has 0 atom stereocenters. The fraction of sp³-hybridized carbons (Fsp3) is 0.533. The fourth-order valence-electron chi connectivity index (χ4n) is 1.99. The van der Waals surface area contributed by atoms with Crippen molar-refractivity contribution in [2.24, 2.45) is 10.7 Å². The molecule has 0 amide bonds. The molecule has 1 aromatic rings. The molecule has 1 heterocycles. The number of benzene rings is 1. The van der Waals surface area contributed by atoms with Gasteiger partial charge < -0.3 is 20.5 Å². The van der Waals surface area contributed by atoms with Crippen LogP contribution in [0.3, 0.4) is 0 Å². The van der Waals surface area contributed by atoms with Crippen LogP contribution in [0.4, 0.5) is 5.69 Å². The summed E-state index contributed by atoms with van der Waals surface area (Å²) >= 11 is 0. The van der Waals surface area contributed by atoms with Gasteiger partial charge in [-0.2, -0.15) is 0 Å². The van der Waals surface area contributed by atoms with E-state index in [1.165, 1.54) is 12.8 Å². The number of nitrogens with one attached hydrogen (secondary N) is 1. The molecule has 1 aliphatic heterocycles. The first-order chi connectivity index (χ1) is 9.79. The average molecular weight is 277 g/mol. The molecule has 0 spiro atoms. The number of nitrogens with zero attached hydrogens (tertiary/aromatic N) is 1. The molecule has 5 nitrogen and oxygen atoms in total. The van der Waals surface area contributed by atoms with E-state index in [2.05, 4.69) is 17.2 Å². The molecule has 1 aliphatic rings. The monoisotopic (exact) mass is 277 g/mol. The van der Waals surface area contributed by atoms with E-state index in [0.29, 0.717) is 19.2 Å². The van der Waals surface area contributed by atoms with Gasteiger partial charge >= 0.3 is 0 Å². The van der Waals surface area contributed by atoms with Crippen LogP contribution in [0.1, 0.15) is 32.6 Å². The van der Waals surface area contributed by atoms with Crippen LogP contribution in [0.2, 0.25) is 0 Å². The van der Waals surface area contributed by atoms with E-state index >= 15 is 0 Å². The Labute approximate surface area is 120 Å². The molecule has 110 valence electrons. The second kappa shape index (κ2) is 7.62. The Balaban J connectivity index is 1.94. The zero-order chi connectivity index (χ0) is 14.2. The Kier molecular flexibility index (Phi) is 5.53. The van der Waals surface area contributed by atoms with E-state index in [0.717, 1.165) is 36.6 Å². The van der Waals surface area contributed by atoms with Gasteiger partial charge in [-0.3, -0.25) is 4.99 Å². The number of unbranched alkanes of at least 4 members (excludes halogenated alkanes) is 2. The average Bonchev–Trinajstić information content (AvgIpc) is 2.68. The lowest BCUT2D eigenvalue weighted by Gasteiger charge is -2.10. The fourth-order valence-corrected chi connectivity index (χ4v) is 1.99. The topological polar surface area (TPSA) is 68.9 Å². The zero-order valence-electron chi connectivity index (χ0n) is 12.0. The summed E-state index contributed by atoms with van der Waals surface area (Å²) < 4.78 is 11.2. The van der Waals surface area contributed by atoms with Crippen molar-refractivity contribution in [2.45, 2.75) is 32.6 Å². The third-order valence-corrected chi connectivity index (χ3v) is 3.06. The van der Waals surface area contributed by atoms with Crippen LogP contribution in [0.25, 0.3) is 0 Å². The van der Waals surface area contributed by atoms with Crippen LogP contribution in [0.5, 0.6) is 11.5 Å². The highest BCUT2D eigenvalue weighted by atomic mass is 16.5. The van der Waals surface area contributed by atoms with E-state index in [-0.39, 0.29) is 0 Å². The van der Waals surface area contributed by atoms with Crippen LogP contribution in [-0.4, -0.2) is 25.7 Å². The number of anilines is 1. The molecule has 0 aliphatic carbocycles. The Morgan fingerprint density at radius 2 is 2.05 bits per heavy atom. The van der Waals surface area contributed by atoms with Crippen molar-refractivity contribution in [1.82, 2.24) is 0 Å². The van der Waals surface area contributed by atoms with Gasteiger partial charge in [-0.05, 0) is 18.6 Å². The second-order valence-electron chi connectivity index (χ2n) is 4.81. The van der Waals surface area contributed by atoms with Gasteiger partial charge in [0.05, 0.1) is 13.2 Å². The summed E-state index contributed by atoms with van der Waals surface area (Å²) in [6.07, 6.45) is 4.34. The minimum absolute atomic E-state index is 0.440. The Morgan fingerprint density at radius 1 is 1.25 bits per heavy atom. The maximum Gasteiger partial charge on any atom is 0.193 e. The van der Waals surface area contributed by atoms with Crippen molar-refractivity contribution in [2.75, 3.05) is 25.1 Å². The molecule has 1 aromatic carbocycles. The lowest BCUT2D eigenvalue weighted by molar-refractivity contribution is 0.297. The van der Waals surface area contributed by atoms with Gasteiger partial charge in [0.15, 0.2) is 17.5 Å². The predicted molar refractivity (Wildman–Crippen MR) is 81.7 cm³/mol. The summed E-state index contributed by atoms with van der Waals surface area (Å²) in [4.78, 5) is 4.30. The number of rotatable bonds is 5. The number of nitrogens with two attached hydrogens (primary N) is 1. The number of guanidine groups is 1. The van der Waals surface area contributed by atoms with Gasteiger partial charge in [0.2, 0.25) is 0 Å². The highest BCUT2D eigenvalue weighted by molar-refractivity contribution is 5.92. The molecule has 0 aromatic heterocycles. The Bertz CT molecular complexity index is 460. The van der Waals surface area contributed by atoms with Crippen molar-refractivity contribution in [3.63, 3.8) is 0 Å². The maximum atomic E-state index is 5.86. The standard InChI is InChI=1S/C15H23N3O2/c1-2-3-4-8-17-15(16)18-12-6-7-13-14(11-12)20-10-5-9-19-13/h6-7,11H,2-5,8-10H2,1H3,(H3,16,17,18). The van der Waals surface area contributed by atoms with Gasteiger partial charge in [-0.1, -0.05) is 19.8 Å². The van der Waals surface area contributed by atoms with E-state index in [4.69, 9.17) is 15.2 Å². The second-order valence-corrected chi connectivity index (χ2v) is 4.81. The summed E-state index contributed by atoms with van der Waals surface area (Å²) in [6.45, 7) is 4.30. The highest BCUT2D eigenvalue weighted by Crippen LogP contribution is 2.32. The molecule has 5 heteroatoms. The number of hydrogen-bond acceptors (Lipinski definition) is 3. The lowest BCUT2D eigenvalue weighted by atomic mass is 10.2. The van der Waals surface area contributed by atoms with Gasteiger partial charge in [-0.25, -0.2) is 0 Å².